The van der Waals surface area contributed by atoms with E-state index in [0.717, 1.165) is 0 Å². The number of rotatable bonds is 3. The molecular weight excluding hydrogens is 216 g/mol. The molecule has 0 bridgehead atoms. The summed E-state index contributed by atoms with van der Waals surface area (Å²) in [6.07, 6.45) is 1.41. The maximum absolute atomic E-state index is 11.6. The molecule has 6 heteroatoms. The van der Waals surface area contributed by atoms with Crippen molar-refractivity contribution in [2.75, 3.05) is 6.61 Å². The first kappa shape index (κ1) is 12.4. The smallest absolute Gasteiger partial charge is 0.227 e. The maximum atomic E-state index is 11.6. The average Bonchev–Trinajstić information content (AvgIpc) is 2.15. The molecule has 0 aromatic rings. The first-order valence-corrected chi connectivity index (χ1v) is 6.52. The Kier molecular flexibility index (Phi) is 4.08. The minimum atomic E-state index is -3.50. The summed E-state index contributed by atoms with van der Waals surface area (Å²) >= 11 is 0. The van der Waals surface area contributed by atoms with E-state index in [1.54, 1.807) is 6.07 Å². The molecule has 3 atom stereocenters. The van der Waals surface area contributed by atoms with Crippen LogP contribution in [0.25, 0.3) is 0 Å². The van der Waals surface area contributed by atoms with Gasteiger partial charge in [0.1, 0.15) is 0 Å². The first-order chi connectivity index (χ1) is 6.95. The van der Waals surface area contributed by atoms with Gasteiger partial charge in [-0.1, -0.05) is 0 Å². The molecule has 1 heterocycles. The molecule has 1 aliphatic heterocycles. The molecule has 0 aromatic heterocycles. The Bertz CT molecular complexity index is 347. The van der Waals surface area contributed by atoms with Crippen LogP contribution in [-0.2, 0) is 14.8 Å². The van der Waals surface area contributed by atoms with Gasteiger partial charge in [-0.05, 0) is 26.7 Å². The lowest BCUT2D eigenvalue weighted by atomic mass is 10.1. The summed E-state index contributed by atoms with van der Waals surface area (Å²) in [6.45, 7) is 3.86. The first-order valence-electron chi connectivity index (χ1n) is 4.98. The molecule has 1 N–H and O–H groups in total. The van der Waals surface area contributed by atoms with E-state index >= 15 is 0 Å². The van der Waals surface area contributed by atoms with E-state index in [4.69, 9.17) is 10.00 Å². The number of nitriles is 1. The number of nitrogens with one attached hydrogen (secondary N) is 1. The van der Waals surface area contributed by atoms with Gasteiger partial charge < -0.3 is 4.74 Å². The van der Waals surface area contributed by atoms with Crippen molar-refractivity contribution in [3.05, 3.63) is 0 Å². The number of hydrogen-bond acceptors (Lipinski definition) is 4. The molecule has 15 heavy (non-hydrogen) atoms. The van der Waals surface area contributed by atoms with Gasteiger partial charge in [0, 0.05) is 12.6 Å². The van der Waals surface area contributed by atoms with E-state index in [1.807, 2.05) is 6.92 Å². The highest BCUT2D eigenvalue weighted by molar-refractivity contribution is 7.90. The fourth-order valence-electron chi connectivity index (χ4n) is 1.51. The van der Waals surface area contributed by atoms with Gasteiger partial charge >= 0.3 is 0 Å². The summed E-state index contributed by atoms with van der Waals surface area (Å²) in [5, 5.41) is 7.55. The summed E-state index contributed by atoms with van der Waals surface area (Å²) in [7, 11) is -3.50. The molecule has 0 aromatic carbocycles. The fourth-order valence-corrected chi connectivity index (χ4v) is 2.53. The Morgan fingerprint density at radius 2 is 2.27 bits per heavy atom. The topological polar surface area (TPSA) is 79.2 Å². The highest BCUT2D eigenvalue weighted by Crippen LogP contribution is 2.14. The van der Waals surface area contributed by atoms with Gasteiger partial charge in [-0.25, -0.2) is 13.1 Å². The van der Waals surface area contributed by atoms with E-state index in [-0.39, 0.29) is 12.1 Å². The lowest BCUT2D eigenvalue weighted by molar-refractivity contribution is 0.0173. The van der Waals surface area contributed by atoms with Crippen molar-refractivity contribution in [1.82, 2.24) is 4.72 Å². The molecule has 1 fully saturated rings. The number of hydrogen-bond donors (Lipinski definition) is 1. The van der Waals surface area contributed by atoms with E-state index in [0.29, 0.717) is 19.4 Å². The van der Waals surface area contributed by atoms with Crippen LogP contribution < -0.4 is 4.72 Å². The van der Waals surface area contributed by atoms with Crippen molar-refractivity contribution >= 4 is 10.0 Å². The lowest BCUT2D eigenvalue weighted by Gasteiger charge is -2.28. The van der Waals surface area contributed by atoms with Gasteiger partial charge in [0.25, 0.3) is 0 Å². The summed E-state index contributed by atoms with van der Waals surface area (Å²) < 4.78 is 31.0. The van der Waals surface area contributed by atoms with Crippen LogP contribution in [0.2, 0.25) is 0 Å². The zero-order chi connectivity index (χ0) is 11.5. The van der Waals surface area contributed by atoms with E-state index in [9.17, 15) is 8.42 Å². The molecule has 1 aliphatic rings. The minimum absolute atomic E-state index is 0.0730. The molecule has 3 unspecified atom stereocenters. The Morgan fingerprint density at radius 1 is 1.60 bits per heavy atom. The van der Waals surface area contributed by atoms with Crippen LogP contribution in [0, 0.1) is 11.3 Å². The number of sulfonamides is 1. The quantitative estimate of drug-likeness (QED) is 0.763. The molecule has 0 amide bonds. The third-order valence-electron chi connectivity index (χ3n) is 2.46. The van der Waals surface area contributed by atoms with E-state index in [2.05, 4.69) is 4.72 Å². The molecule has 1 saturated heterocycles. The predicted octanol–water partition coefficient (Wildman–Crippen LogP) is 0.385. The normalized spacial score (nSPS) is 29.4. The van der Waals surface area contributed by atoms with Crippen molar-refractivity contribution in [3.8, 4) is 6.07 Å². The Labute approximate surface area is 90.5 Å². The zero-order valence-electron chi connectivity index (χ0n) is 8.93. The monoisotopic (exact) mass is 232 g/mol. The van der Waals surface area contributed by atoms with Crippen molar-refractivity contribution in [2.45, 2.75) is 44.1 Å². The van der Waals surface area contributed by atoms with E-state index < -0.39 is 15.3 Å². The van der Waals surface area contributed by atoms with Crippen molar-refractivity contribution in [2.24, 2.45) is 0 Å². The molecule has 0 saturated carbocycles. The minimum Gasteiger partial charge on any atom is -0.378 e. The molecule has 86 valence electrons. The average molecular weight is 232 g/mol. The Balaban J connectivity index is 2.58. The SMILES string of the molecule is CC1CC(NS(=O)(=O)C(C)C#N)CCO1. The van der Waals surface area contributed by atoms with Crippen molar-refractivity contribution in [1.29, 1.82) is 5.26 Å². The Morgan fingerprint density at radius 3 is 2.80 bits per heavy atom. The standard InChI is InChI=1S/C9H16N2O3S/c1-7-5-9(3-4-14-7)11-15(12,13)8(2)6-10/h7-9,11H,3-5H2,1-2H3. The lowest BCUT2D eigenvalue weighted by Crippen LogP contribution is -2.44. The number of nitrogens with zero attached hydrogens (tertiary/aromatic N) is 1. The van der Waals surface area contributed by atoms with Gasteiger partial charge in [-0.15, -0.1) is 0 Å². The maximum Gasteiger partial charge on any atom is 0.227 e. The fraction of sp³-hybridized carbons (Fsp3) is 0.889. The molecule has 1 rings (SSSR count). The van der Waals surface area contributed by atoms with Crippen LogP contribution in [0.5, 0.6) is 0 Å². The van der Waals surface area contributed by atoms with Gasteiger partial charge in [0.2, 0.25) is 10.0 Å². The predicted molar refractivity (Wildman–Crippen MR) is 55.6 cm³/mol. The summed E-state index contributed by atoms with van der Waals surface area (Å²) in [6, 6.07) is 1.62. The zero-order valence-corrected chi connectivity index (χ0v) is 9.75. The number of ether oxygens (including phenoxy) is 1. The van der Waals surface area contributed by atoms with Gasteiger partial charge in [0.05, 0.1) is 12.2 Å². The van der Waals surface area contributed by atoms with Crippen LogP contribution in [0.1, 0.15) is 26.7 Å². The van der Waals surface area contributed by atoms with Gasteiger partial charge in [0.15, 0.2) is 5.25 Å². The molecule has 0 spiro atoms. The van der Waals surface area contributed by atoms with Gasteiger partial charge in [-0.3, -0.25) is 0 Å². The summed E-state index contributed by atoms with van der Waals surface area (Å²) in [4.78, 5) is 0. The second kappa shape index (κ2) is 4.92. The van der Waals surface area contributed by atoms with Crippen LogP contribution in [0.15, 0.2) is 0 Å². The second-order valence-electron chi connectivity index (χ2n) is 3.84. The Hall–Kier alpha value is -0.640. The molecular formula is C9H16N2O3S. The van der Waals surface area contributed by atoms with Crippen LogP contribution in [0.3, 0.4) is 0 Å². The highest BCUT2D eigenvalue weighted by atomic mass is 32.2. The third kappa shape index (κ3) is 3.45. The summed E-state index contributed by atoms with van der Waals surface area (Å²) in [5.74, 6) is 0. The van der Waals surface area contributed by atoms with E-state index in [1.165, 1.54) is 6.92 Å². The molecule has 5 nitrogen and oxygen atoms in total. The molecule has 0 aliphatic carbocycles. The van der Waals surface area contributed by atoms with Crippen molar-refractivity contribution < 1.29 is 13.2 Å². The van der Waals surface area contributed by atoms with Crippen LogP contribution in [-0.4, -0.2) is 32.4 Å². The largest absolute Gasteiger partial charge is 0.378 e. The summed E-state index contributed by atoms with van der Waals surface area (Å²) in [5.41, 5.74) is 0. The van der Waals surface area contributed by atoms with Gasteiger partial charge in [-0.2, -0.15) is 5.26 Å². The second-order valence-corrected chi connectivity index (χ2v) is 5.87. The highest BCUT2D eigenvalue weighted by Gasteiger charge is 2.27. The van der Waals surface area contributed by atoms with Crippen molar-refractivity contribution in [3.63, 3.8) is 0 Å². The van der Waals surface area contributed by atoms with Crippen LogP contribution in [0.4, 0.5) is 0 Å². The molecule has 0 radical (unpaired) electrons. The van der Waals surface area contributed by atoms with Crippen LogP contribution >= 0.6 is 0 Å². The third-order valence-corrected chi connectivity index (χ3v) is 4.16.